The van der Waals surface area contributed by atoms with Gasteiger partial charge in [0.1, 0.15) is 6.04 Å². The third kappa shape index (κ3) is 3.60. The van der Waals surface area contributed by atoms with E-state index in [1.165, 1.54) is 0 Å². The Labute approximate surface area is 127 Å². The Bertz CT molecular complexity index is 504. The standard InChI is InChI=1S/C15H19BrN2O2/c1-2-5-13-15(20)18(9-8-14(19)17-13)10-11-6-3-4-7-12(11)16/h3-4,6-7,13H,2,5,8-10H2,1H3,(H,17,19). The zero-order valence-corrected chi connectivity index (χ0v) is 13.1. The molecule has 0 aromatic heterocycles. The van der Waals surface area contributed by atoms with Crippen molar-refractivity contribution < 1.29 is 9.59 Å². The van der Waals surface area contributed by atoms with E-state index in [2.05, 4.69) is 21.2 Å². The first-order valence-corrected chi connectivity index (χ1v) is 7.72. The molecule has 108 valence electrons. The number of hydrogen-bond acceptors (Lipinski definition) is 2. The van der Waals surface area contributed by atoms with E-state index in [1.54, 1.807) is 4.90 Å². The van der Waals surface area contributed by atoms with Crippen LogP contribution in [0.2, 0.25) is 0 Å². The van der Waals surface area contributed by atoms with Gasteiger partial charge < -0.3 is 10.2 Å². The fraction of sp³-hybridized carbons (Fsp3) is 0.467. The van der Waals surface area contributed by atoms with E-state index in [9.17, 15) is 9.59 Å². The fourth-order valence-corrected chi connectivity index (χ4v) is 2.78. The predicted molar refractivity (Wildman–Crippen MR) is 81.0 cm³/mol. The van der Waals surface area contributed by atoms with Crippen LogP contribution in [-0.2, 0) is 16.1 Å². The molecule has 1 aromatic carbocycles. The van der Waals surface area contributed by atoms with Crippen LogP contribution in [0.5, 0.6) is 0 Å². The number of halogens is 1. The SMILES string of the molecule is CCCC1NC(=O)CCN(Cc2ccccc2Br)C1=O. The second-order valence-electron chi connectivity index (χ2n) is 5.01. The summed E-state index contributed by atoms with van der Waals surface area (Å²) < 4.78 is 0.989. The van der Waals surface area contributed by atoms with Crippen LogP contribution in [0.3, 0.4) is 0 Å². The molecule has 1 heterocycles. The Morgan fingerprint density at radius 1 is 1.35 bits per heavy atom. The van der Waals surface area contributed by atoms with E-state index in [0.717, 1.165) is 16.5 Å². The van der Waals surface area contributed by atoms with E-state index in [4.69, 9.17) is 0 Å². The summed E-state index contributed by atoms with van der Waals surface area (Å²) in [7, 11) is 0. The molecule has 1 saturated heterocycles. The van der Waals surface area contributed by atoms with E-state index < -0.39 is 0 Å². The molecule has 1 aliphatic rings. The van der Waals surface area contributed by atoms with Crippen LogP contribution in [0, 0.1) is 0 Å². The second-order valence-corrected chi connectivity index (χ2v) is 5.86. The molecule has 5 heteroatoms. The van der Waals surface area contributed by atoms with Crippen LogP contribution in [0.1, 0.15) is 31.7 Å². The van der Waals surface area contributed by atoms with Crippen molar-refractivity contribution in [1.29, 1.82) is 0 Å². The minimum Gasteiger partial charge on any atom is -0.344 e. The number of carbonyl (C=O) groups excluding carboxylic acids is 2. The lowest BCUT2D eigenvalue weighted by Crippen LogP contribution is -2.44. The first-order chi connectivity index (χ1) is 9.61. The van der Waals surface area contributed by atoms with E-state index >= 15 is 0 Å². The van der Waals surface area contributed by atoms with Crippen LogP contribution in [-0.4, -0.2) is 29.3 Å². The minimum absolute atomic E-state index is 0.0217. The van der Waals surface area contributed by atoms with Gasteiger partial charge in [-0.25, -0.2) is 0 Å². The molecule has 1 fully saturated rings. The van der Waals surface area contributed by atoms with E-state index in [0.29, 0.717) is 25.9 Å². The average molecular weight is 339 g/mol. The summed E-state index contributed by atoms with van der Waals surface area (Å²) >= 11 is 3.50. The highest BCUT2D eigenvalue weighted by Crippen LogP contribution is 2.19. The normalized spacial score (nSPS) is 19.7. The Balaban J connectivity index is 2.15. The number of amides is 2. The van der Waals surface area contributed by atoms with Gasteiger partial charge in [0.15, 0.2) is 0 Å². The summed E-state index contributed by atoms with van der Waals surface area (Å²) in [6.45, 7) is 3.03. The van der Waals surface area contributed by atoms with Gasteiger partial charge in [0.25, 0.3) is 0 Å². The average Bonchev–Trinajstić information content (AvgIpc) is 2.55. The van der Waals surface area contributed by atoms with Gasteiger partial charge in [-0.1, -0.05) is 47.5 Å². The highest BCUT2D eigenvalue weighted by molar-refractivity contribution is 9.10. The summed E-state index contributed by atoms with van der Waals surface area (Å²) in [5.41, 5.74) is 1.06. The van der Waals surface area contributed by atoms with Crippen molar-refractivity contribution >= 4 is 27.7 Å². The summed E-state index contributed by atoms with van der Waals surface area (Å²) in [4.78, 5) is 25.9. The first-order valence-electron chi connectivity index (χ1n) is 6.93. The summed E-state index contributed by atoms with van der Waals surface area (Å²) in [5, 5.41) is 2.82. The van der Waals surface area contributed by atoms with Crippen molar-refractivity contribution in [3.05, 3.63) is 34.3 Å². The van der Waals surface area contributed by atoms with E-state index in [1.807, 2.05) is 31.2 Å². The molecule has 1 aliphatic heterocycles. The third-order valence-electron chi connectivity index (χ3n) is 3.45. The monoisotopic (exact) mass is 338 g/mol. The highest BCUT2D eigenvalue weighted by Gasteiger charge is 2.29. The van der Waals surface area contributed by atoms with Gasteiger partial charge in [0, 0.05) is 24.0 Å². The zero-order chi connectivity index (χ0) is 14.5. The van der Waals surface area contributed by atoms with Crippen molar-refractivity contribution in [2.24, 2.45) is 0 Å². The molecule has 0 radical (unpaired) electrons. The largest absolute Gasteiger partial charge is 0.344 e. The van der Waals surface area contributed by atoms with Crippen LogP contribution in [0.25, 0.3) is 0 Å². The van der Waals surface area contributed by atoms with Crippen molar-refractivity contribution in [2.45, 2.75) is 38.8 Å². The maximum Gasteiger partial charge on any atom is 0.245 e. The van der Waals surface area contributed by atoms with Crippen LogP contribution >= 0.6 is 15.9 Å². The Hall–Kier alpha value is -1.36. The quantitative estimate of drug-likeness (QED) is 0.916. The van der Waals surface area contributed by atoms with E-state index in [-0.39, 0.29) is 17.9 Å². The van der Waals surface area contributed by atoms with Crippen LogP contribution in [0.15, 0.2) is 28.7 Å². The number of hydrogen-bond donors (Lipinski definition) is 1. The van der Waals surface area contributed by atoms with Gasteiger partial charge >= 0.3 is 0 Å². The van der Waals surface area contributed by atoms with Crippen LogP contribution < -0.4 is 5.32 Å². The van der Waals surface area contributed by atoms with Gasteiger partial charge in [-0.05, 0) is 18.1 Å². The van der Waals surface area contributed by atoms with Gasteiger partial charge in [0.05, 0.1) is 0 Å². The highest BCUT2D eigenvalue weighted by atomic mass is 79.9. The molecule has 20 heavy (non-hydrogen) atoms. The van der Waals surface area contributed by atoms with Gasteiger partial charge in [-0.15, -0.1) is 0 Å². The smallest absolute Gasteiger partial charge is 0.245 e. The number of rotatable bonds is 4. The van der Waals surface area contributed by atoms with Crippen molar-refractivity contribution in [2.75, 3.05) is 6.54 Å². The van der Waals surface area contributed by atoms with Gasteiger partial charge in [-0.3, -0.25) is 9.59 Å². The third-order valence-corrected chi connectivity index (χ3v) is 4.22. The number of nitrogens with zero attached hydrogens (tertiary/aromatic N) is 1. The van der Waals surface area contributed by atoms with Crippen molar-refractivity contribution in [1.82, 2.24) is 10.2 Å². The Morgan fingerprint density at radius 3 is 2.80 bits per heavy atom. The molecule has 1 N–H and O–H groups in total. The minimum atomic E-state index is -0.377. The number of carbonyl (C=O) groups is 2. The van der Waals surface area contributed by atoms with Crippen LogP contribution in [0.4, 0.5) is 0 Å². The number of nitrogens with one attached hydrogen (secondary N) is 1. The molecule has 1 atom stereocenters. The Morgan fingerprint density at radius 2 is 2.10 bits per heavy atom. The molecular weight excluding hydrogens is 320 g/mol. The molecule has 0 saturated carbocycles. The molecule has 0 bridgehead atoms. The maximum absolute atomic E-state index is 12.5. The second kappa shape index (κ2) is 6.88. The molecule has 0 spiro atoms. The lowest BCUT2D eigenvalue weighted by molar-refractivity contribution is -0.134. The van der Waals surface area contributed by atoms with Gasteiger partial charge in [0.2, 0.25) is 11.8 Å². The topological polar surface area (TPSA) is 49.4 Å². The number of benzene rings is 1. The molecule has 0 aliphatic carbocycles. The summed E-state index contributed by atoms with van der Waals surface area (Å²) in [6, 6.07) is 7.48. The summed E-state index contributed by atoms with van der Waals surface area (Å²) in [5.74, 6) is -0.0140. The zero-order valence-electron chi connectivity index (χ0n) is 11.6. The Kier molecular flexibility index (Phi) is 5.17. The molecule has 1 unspecified atom stereocenters. The van der Waals surface area contributed by atoms with Gasteiger partial charge in [-0.2, -0.15) is 0 Å². The molecule has 2 rings (SSSR count). The fourth-order valence-electron chi connectivity index (χ4n) is 2.37. The lowest BCUT2D eigenvalue weighted by Gasteiger charge is -2.24. The van der Waals surface area contributed by atoms with Crippen molar-refractivity contribution in [3.63, 3.8) is 0 Å². The molecule has 2 amide bonds. The maximum atomic E-state index is 12.5. The lowest BCUT2D eigenvalue weighted by atomic mass is 10.1. The predicted octanol–water partition coefficient (Wildman–Crippen LogP) is 2.47. The summed E-state index contributed by atoms with van der Waals surface area (Å²) in [6.07, 6.45) is 1.94. The molecular formula is C15H19BrN2O2. The molecule has 4 nitrogen and oxygen atoms in total. The first kappa shape index (κ1) is 15.0. The molecule has 1 aromatic rings. The van der Waals surface area contributed by atoms with Crippen molar-refractivity contribution in [3.8, 4) is 0 Å².